The summed E-state index contributed by atoms with van der Waals surface area (Å²) in [5.74, 6) is 0.380. The van der Waals surface area contributed by atoms with E-state index in [1.807, 2.05) is 55.5 Å². The number of thioether (sulfide) groups is 1. The maximum atomic E-state index is 12.6. The van der Waals surface area contributed by atoms with E-state index in [0.717, 1.165) is 28.8 Å². The second kappa shape index (κ2) is 9.60. The van der Waals surface area contributed by atoms with Crippen LogP contribution in [0.4, 0.5) is 5.69 Å². The third-order valence-electron chi connectivity index (χ3n) is 4.71. The maximum Gasteiger partial charge on any atom is 0.343 e. The third-order valence-corrected chi connectivity index (χ3v) is 5.69. The first-order valence-corrected chi connectivity index (χ1v) is 10.7. The van der Waals surface area contributed by atoms with Gasteiger partial charge in [0, 0.05) is 12.2 Å². The van der Waals surface area contributed by atoms with Crippen molar-refractivity contribution in [3.8, 4) is 0 Å². The number of aromatic nitrogens is 3. The maximum absolute atomic E-state index is 12.6. The summed E-state index contributed by atoms with van der Waals surface area (Å²) in [5, 5.41) is 10.1. The van der Waals surface area contributed by atoms with Crippen molar-refractivity contribution in [2.24, 2.45) is 0 Å². The van der Waals surface area contributed by atoms with Crippen LogP contribution in [-0.4, -0.2) is 26.4 Å². The van der Waals surface area contributed by atoms with Gasteiger partial charge in [-0.05, 0) is 36.0 Å². The molecule has 0 saturated heterocycles. The second-order valence-corrected chi connectivity index (χ2v) is 8.17. The summed E-state index contributed by atoms with van der Waals surface area (Å²) in [6.45, 7) is 6.71. The molecule has 1 aromatic heterocycles. The van der Waals surface area contributed by atoms with Gasteiger partial charge in [-0.3, -0.25) is 9.36 Å². The van der Waals surface area contributed by atoms with Crippen molar-refractivity contribution < 1.29 is 4.79 Å². The topological polar surface area (TPSA) is 79.8 Å². The molecule has 2 aromatic carbocycles. The summed E-state index contributed by atoms with van der Waals surface area (Å²) >= 11 is 1.26. The number of H-pyrrole nitrogens is 1. The minimum absolute atomic E-state index is 0.115. The van der Waals surface area contributed by atoms with Crippen molar-refractivity contribution in [1.29, 1.82) is 0 Å². The number of carbonyl (C=O) groups is 1. The number of nitrogens with zero attached hydrogens (tertiary/aromatic N) is 2. The van der Waals surface area contributed by atoms with Crippen molar-refractivity contribution in [1.82, 2.24) is 14.8 Å². The lowest BCUT2D eigenvalue weighted by Crippen LogP contribution is -2.20. The highest BCUT2D eigenvalue weighted by molar-refractivity contribution is 7.99. The number of aryl methyl sites for hydroxylation is 2. The number of carbonyl (C=O) groups excluding carboxylic acids is 1. The van der Waals surface area contributed by atoms with Gasteiger partial charge < -0.3 is 5.32 Å². The molecule has 1 heterocycles. The standard InChI is InChI=1S/C22H26N4O2S/c1-15(2)18-11-7-8-16(3)20(18)23-19(27)14-29-22-25-24-21(28)26(22)13-12-17-9-5-4-6-10-17/h4-11,15H,12-14H2,1-3H3,(H,23,27)(H,24,28). The number of benzene rings is 2. The molecule has 0 radical (unpaired) electrons. The van der Waals surface area contributed by atoms with Crippen LogP contribution in [0.15, 0.2) is 58.5 Å². The highest BCUT2D eigenvalue weighted by Crippen LogP contribution is 2.27. The summed E-state index contributed by atoms with van der Waals surface area (Å²) in [5.41, 5.74) is 3.91. The van der Waals surface area contributed by atoms with Gasteiger partial charge in [0.1, 0.15) is 0 Å². The minimum atomic E-state index is -0.259. The van der Waals surface area contributed by atoms with Crippen LogP contribution in [0.3, 0.4) is 0 Å². The fraction of sp³-hybridized carbons (Fsp3) is 0.318. The Hall–Kier alpha value is -2.80. The molecular formula is C22H26N4O2S. The predicted octanol–water partition coefficient (Wildman–Crippen LogP) is 3.98. The van der Waals surface area contributed by atoms with Crippen LogP contribution in [0.25, 0.3) is 0 Å². The van der Waals surface area contributed by atoms with Crippen LogP contribution in [0.5, 0.6) is 0 Å². The highest BCUT2D eigenvalue weighted by Gasteiger charge is 2.15. The number of hydrogen-bond donors (Lipinski definition) is 2. The molecular weight excluding hydrogens is 384 g/mol. The molecule has 0 aliphatic carbocycles. The van der Waals surface area contributed by atoms with Gasteiger partial charge >= 0.3 is 5.69 Å². The van der Waals surface area contributed by atoms with E-state index in [-0.39, 0.29) is 17.3 Å². The SMILES string of the molecule is Cc1cccc(C(C)C)c1NC(=O)CSc1n[nH]c(=O)n1CCc1ccccc1. The van der Waals surface area contributed by atoms with E-state index in [0.29, 0.717) is 17.6 Å². The smallest absolute Gasteiger partial charge is 0.325 e. The molecule has 0 saturated carbocycles. The first-order valence-electron chi connectivity index (χ1n) is 9.67. The van der Waals surface area contributed by atoms with E-state index in [4.69, 9.17) is 0 Å². The lowest BCUT2D eigenvalue weighted by Gasteiger charge is -2.16. The van der Waals surface area contributed by atoms with Crippen molar-refractivity contribution in [3.63, 3.8) is 0 Å². The normalized spacial score (nSPS) is 11.0. The molecule has 0 aliphatic heterocycles. The molecule has 3 aromatic rings. The summed E-state index contributed by atoms with van der Waals surface area (Å²) < 4.78 is 1.58. The molecule has 7 heteroatoms. The van der Waals surface area contributed by atoms with Crippen LogP contribution >= 0.6 is 11.8 Å². The van der Waals surface area contributed by atoms with Gasteiger partial charge in [-0.25, -0.2) is 9.89 Å². The zero-order valence-electron chi connectivity index (χ0n) is 16.9. The van der Waals surface area contributed by atoms with Crippen LogP contribution in [0, 0.1) is 6.92 Å². The molecule has 29 heavy (non-hydrogen) atoms. The van der Waals surface area contributed by atoms with Crippen LogP contribution in [-0.2, 0) is 17.8 Å². The largest absolute Gasteiger partial charge is 0.343 e. The van der Waals surface area contributed by atoms with E-state index in [2.05, 4.69) is 29.4 Å². The second-order valence-electron chi connectivity index (χ2n) is 7.23. The Morgan fingerprint density at radius 2 is 1.93 bits per heavy atom. The number of aromatic amines is 1. The van der Waals surface area contributed by atoms with Crippen LogP contribution in [0.2, 0.25) is 0 Å². The van der Waals surface area contributed by atoms with E-state index in [9.17, 15) is 9.59 Å². The molecule has 3 rings (SSSR count). The lowest BCUT2D eigenvalue weighted by molar-refractivity contribution is -0.113. The van der Waals surface area contributed by atoms with Gasteiger partial charge in [0.15, 0.2) is 5.16 Å². The highest BCUT2D eigenvalue weighted by atomic mass is 32.2. The third kappa shape index (κ3) is 5.38. The van der Waals surface area contributed by atoms with Gasteiger partial charge in [-0.1, -0.05) is 74.1 Å². The molecule has 1 amide bonds. The quantitative estimate of drug-likeness (QED) is 0.551. The monoisotopic (exact) mass is 410 g/mol. The summed E-state index contributed by atoms with van der Waals surface area (Å²) in [6.07, 6.45) is 0.723. The molecule has 152 valence electrons. The zero-order chi connectivity index (χ0) is 20.8. The number of amides is 1. The Morgan fingerprint density at radius 3 is 2.66 bits per heavy atom. The lowest BCUT2D eigenvalue weighted by atomic mass is 9.98. The first kappa shape index (κ1) is 20.9. The van der Waals surface area contributed by atoms with Gasteiger partial charge in [0.05, 0.1) is 5.75 Å². The van der Waals surface area contributed by atoms with Crippen LogP contribution in [0.1, 0.15) is 36.5 Å². The average Bonchev–Trinajstić information content (AvgIpc) is 3.06. The Balaban J connectivity index is 1.64. The summed E-state index contributed by atoms with van der Waals surface area (Å²) in [4.78, 5) is 24.6. The van der Waals surface area contributed by atoms with Crippen molar-refractivity contribution >= 4 is 23.4 Å². The summed E-state index contributed by atoms with van der Waals surface area (Å²) in [7, 11) is 0. The molecule has 0 unspecified atom stereocenters. The number of anilines is 1. The van der Waals surface area contributed by atoms with Crippen molar-refractivity contribution in [2.45, 2.75) is 44.8 Å². The Kier molecular flexibility index (Phi) is 6.93. The van der Waals surface area contributed by atoms with Gasteiger partial charge in [-0.2, -0.15) is 0 Å². The molecule has 0 atom stereocenters. The Morgan fingerprint density at radius 1 is 1.17 bits per heavy atom. The molecule has 0 fully saturated rings. The fourth-order valence-corrected chi connectivity index (χ4v) is 3.92. The van der Waals surface area contributed by atoms with Gasteiger partial charge in [0.25, 0.3) is 0 Å². The number of nitrogens with one attached hydrogen (secondary N) is 2. The Labute approximate surface area is 174 Å². The number of hydrogen-bond acceptors (Lipinski definition) is 4. The Bertz CT molecular complexity index is 1020. The van der Waals surface area contributed by atoms with Crippen LogP contribution < -0.4 is 11.0 Å². The molecule has 2 N–H and O–H groups in total. The number of rotatable bonds is 8. The summed E-state index contributed by atoms with van der Waals surface area (Å²) in [6, 6.07) is 16.0. The molecule has 0 aliphatic rings. The van der Waals surface area contributed by atoms with Gasteiger partial charge in [0.2, 0.25) is 5.91 Å². The molecule has 0 bridgehead atoms. The van der Waals surface area contributed by atoms with Crippen molar-refractivity contribution in [2.75, 3.05) is 11.1 Å². The zero-order valence-corrected chi connectivity index (χ0v) is 17.8. The van der Waals surface area contributed by atoms with E-state index in [1.54, 1.807) is 4.57 Å². The van der Waals surface area contributed by atoms with E-state index < -0.39 is 0 Å². The first-order chi connectivity index (χ1) is 14.0. The van der Waals surface area contributed by atoms with Gasteiger partial charge in [-0.15, -0.1) is 5.10 Å². The predicted molar refractivity (Wildman–Crippen MR) is 118 cm³/mol. The van der Waals surface area contributed by atoms with E-state index >= 15 is 0 Å². The average molecular weight is 411 g/mol. The van der Waals surface area contributed by atoms with E-state index in [1.165, 1.54) is 11.8 Å². The fourth-order valence-electron chi connectivity index (χ4n) is 3.14. The minimum Gasteiger partial charge on any atom is -0.325 e. The molecule has 6 nitrogen and oxygen atoms in total. The number of para-hydroxylation sites is 1. The van der Waals surface area contributed by atoms with Crippen molar-refractivity contribution in [3.05, 3.63) is 75.7 Å². The molecule has 0 spiro atoms.